The number of benzene rings is 1. The Hall–Kier alpha value is -2.95. The molecule has 1 saturated carbocycles. The van der Waals surface area contributed by atoms with Gasteiger partial charge in [-0.3, -0.25) is 14.6 Å². The zero-order valence-electron chi connectivity index (χ0n) is 16.2. The van der Waals surface area contributed by atoms with Gasteiger partial charge in [0.1, 0.15) is 0 Å². The summed E-state index contributed by atoms with van der Waals surface area (Å²) in [7, 11) is 0. The van der Waals surface area contributed by atoms with Crippen LogP contribution >= 0.6 is 0 Å². The fourth-order valence-corrected chi connectivity index (χ4v) is 4.55. The molecule has 5 heteroatoms. The van der Waals surface area contributed by atoms with E-state index in [1.165, 1.54) is 0 Å². The van der Waals surface area contributed by atoms with Gasteiger partial charge < -0.3 is 10.6 Å². The number of nitrogens with one attached hydrogen (secondary N) is 2. The maximum absolute atomic E-state index is 13.2. The number of hydrogen-bond donors (Lipinski definition) is 2. The zero-order valence-corrected chi connectivity index (χ0v) is 16.2. The predicted octanol–water partition coefficient (Wildman–Crippen LogP) is 3.39. The van der Waals surface area contributed by atoms with E-state index >= 15 is 0 Å². The zero-order chi connectivity index (χ0) is 19.7. The van der Waals surface area contributed by atoms with Crippen LogP contribution in [-0.2, 0) is 16.1 Å². The maximum Gasteiger partial charge on any atom is 0.228 e. The van der Waals surface area contributed by atoms with E-state index in [2.05, 4.69) is 27.8 Å². The highest BCUT2D eigenvalue weighted by Gasteiger charge is 2.51. The van der Waals surface area contributed by atoms with E-state index in [-0.39, 0.29) is 35.5 Å². The van der Waals surface area contributed by atoms with E-state index in [4.69, 9.17) is 0 Å². The molecule has 28 heavy (non-hydrogen) atoms. The summed E-state index contributed by atoms with van der Waals surface area (Å²) in [5.41, 5.74) is 3.73. The molecule has 0 aliphatic heterocycles. The largest absolute Gasteiger partial charge is 0.350 e. The van der Waals surface area contributed by atoms with Crippen molar-refractivity contribution < 1.29 is 9.59 Å². The molecule has 0 saturated heterocycles. The van der Waals surface area contributed by atoms with E-state index in [0.29, 0.717) is 6.54 Å². The van der Waals surface area contributed by atoms with Crippen molar-refractivity contribution in [1.29, 1.82) is 0 Å². The summed E-state index contributed by atoms with van der Waals surface area (Å²) >= 11 is 0. The third kappa shape index (κ3) is 3.44. The van der Waals surface area contributed by atoms with E-state index in [1.807, 2.05) is 50.2 Å². The van der Waals surface area contributed by atoms with Crippen molar-refractivity contribution in [3.05, 3.63) is 71.6 Å². The van der Waals surface area contributed by atoms with Crippen LogP contribution in [0, 0.1) is 37.5 Å². The lowest BCUT2D eigenvalue weighted by Crippen LogP contribution is -2.42. The van der Waals surface area contributed by atoms with Crippen LogP contribution in [0.4, 0.5) is 5.69 Å². The first-order valence-corrected chi connectivity index (χ1v) is 9.77. The number of carbonyl (C=O) groups excluding carboxylic acids is 2. The number of nitrogens with zero attached hydrogens (tertiary/aromatic N) is 1. The highest BCUT2D eigenvalue weighted by atomic mass is 16.2. The van der Waals surface area contributed by atoms with Gasteiger partial charge in [0.25, 0.3) is 0 Å². The number of aromatic nitrogens is 1. The number of pyridine rings is 1. The van der Waals surface area contributed by atoms with Crippen molar-refractivity contribution in [3.63, 3.8) is 0 Å². The summed E-state index contributed by atoms with van der Waals surface area (Å²) in [5, 5.41) is 6.08. The molecule has 2 amide bonds. The SMILES string of the molecule is Cc1cccc(C)c1NC(=O)[C@@H]1[C@H](C(=O)NCc2ccccn2)[C@H]2C=C[C@H]1C2. The Labute approximate surface area is 165 Å². The minimum Gasteiger partial charge on any atom is -0.350 e. The minimum atomic E-state index is -0.335. The molecule has 1 aromatic heterocycles. The second kappa shape index (κ2) is 7.58. The summed E-state index contributed by atoms with van der Waals surface area (Å²) in [6, 6.07) is 11.6. The van der Waals surface area contributed by atoms with E-state index in [1.54, 1.807) is 6.20 Å². The van der Waals surface area contributed by atoms with E-state index in [9.17, 15) is 9.59 Å². The molecule has 2 N–H and O–H groups in total. The molecule has 1 heterocycles. The van der Waals surface area contributed by atoms with Crippen molar-refractivity contribution in [1.82, 2.24) is 10.3 Å². The monoisotopic (exact) mass is 375 g/mol. The molecular weight excluding hydrogens is 350 g/mol. The third-order valence-electron chi connectivity index (χ3n) is 5.96. The van der Waals surface area contributed by atoms with Gasteiger partial charge in [-0.2, -0.15) is 0 Å². The van der Waals surface area contributed by atoms with E-state index < -0.39 is 0 Å². The Bertz CT molecular complexity index is 902. The quantitative estimate of drug-likeness (QED) is 0.787. The lowest BCUT2D eigenvalue weighted by molar-refractivity contribution is -0.133. The molecule has 1 fully saturated rings. The molecule has 4 atom stereocenters. The Morgan fingerprint density at radius 1 is 0.964 bits per heavy atom. The van der Waals surface area contributed by atoms with Crippen molar-refractivity contribution in [2.45, 2.75) is 26.8 Å². The highest BCUT2D eigenvalue weighted by Crippen LogP contribution is 2.48. The van der Waals surface area contributed by atoms with Gasteiger partial charge in [-0.1, -0.05) is 36.4 Å². The molecule has 144 valence electrons. The van der Waals surface area contributed by atoms with Gasteiger partial charge in [0.05, 0.1) is 24.1 Å². The van der Waals surface area contributed by atoms with Gasteiger partial charge in [0.2, 0.25) is 11.8 Å². The number of allylic oxidation sites excluding steroid dienone is 2. The summed E-state index contributed by atoms with van der Waals surface area (Å²) < 4.78 is 0. The molecule has 2 aliphatic carbocycles. The van der Waals surface area contributed by atoms with Crippen molar-refractivity contribution >= 4 is 17.5 Å². The maximum atomic E-state index is 13.2. The summed E-state index contributed by atoms with van der Waals surface area (Å²) in [4.78, 5) is 30.4. The standard InChI is InChI=1S/C23H25N3O2/c1-14-6-5-7-15(2)21(14)26-23(28)20-17-10-9-16(12-17)19(20)22(27)25-13-18-8-3-4-11-24-18/h3-11,16-17,19-20H,12-13H2,1-2H3,(H,25,27)(H,26,28)/t16-,17-,19+,20-/m0/s1. The summed E-state index contributed by atoms with van der Waals surface area (Å²) in [6.45, 7) is 4.35. The summed E-state index contributed by atoms with van der Waals surface area (Å²) in [6.07, 6.45) is 6.77. The topological polar surface area (TPSA) is 71.1 Å². The van der Waals surface area contributed by atoms with Crippen LogP contribution in [0.15, 0.2) is 54.7 Å². The first-order valence-electron chi connectivity index (χ1n) is 9.77. The second-order valence-corrected chi connectivity index (χ2v) is 7.79. The van der Waals surface area contributed by atoms with Gasteiger partial charge in [-0.05, 0) is 55.4 Å². The van der Waals surface area contributed by atoms with E-state index in [0.717, 1.165) is 28.9 Å². The number of anilines is 1. The van der Waals surface area contributed by atoms with Gasteiger partial charge >= 0.3 is 0 Å². The number of rotatable bonds is 5. The van der Waals surface area contributed by atoms with Crippen LogP contribution in [0.3, 0.4) is 0 Å². The van der Waals surface area contributed by atoms with Gasteiger partial charge in [0.15, 0.2) is 0 Å². The molecule has 0 radical (unpaired) electrons. The molecule has 0 spiro atoms. The van der Waals surface area contributed by atoms with Crippen LogP contribution in [0.25, 0.3) is 0 Å². The van der Waals surface area contributed by atoms with Crippen LogP contribution < -0.4 is 10.6 Å². The molecular formula is C23H25N3O2. The van der Waals surface area contributed by atoms with Crippen LogP contribution in [0.5, 0.6) is 0 Å². The number of carbonyl (C=O) groups is 2. The Kier molecular flexibility index (Phi) is 4.99. The Morgan fingerprint density at radius 2 is 1.64 bits per heavy atom. The molecule has 5 nitrogen and oxygen atoms in total. The highest BCUT2D eigenvalue weighted by molar-refractivity contribution is 5.98. The first kappa shape index (κ1) is 18.4. The average Bonchev–Trinajstić information content (AvgIpc) is 3.31. The number of aryl methyl sites for hydroxylation is 2. The number of hydrogen-bond acceptors (Lipinski definition) is 3. The smallest absolute Gasteiger partial charge is 0.228 e. The third-order valence-corrected chi connectivity index (χ3v) is 5.96. The number of para-hydroxylation sites is 1. The molecule has 0 unspecified atom stereocenters. The fourth-order valence-electron chi connectivity index (χ4n) is 4.55. The Morgan fingerprint density at radius 3 is 2.29 bits per heavy atom. The number of fused-ring (bicyclic) bond motifs is 2. The number of amides is 2. The van der Waals surface area contributed by atoms with Crippen molar-refractivity contribution in [2.24, 2.45) is 23.7 Å². The predicted molar refractivity (Wildman–Crippen MR) is 108 cm³/mol. The minimum absolute atomic E-state index is 0.0627. The normalized spacial score (nSPS) is 24.9. The van der Waals surface area contributed by atoms with Gasteiger partial charge in [0, 0.05) is 11.9 Å². The van der Waals surface area contributed by atoms with Crippen molar-refractivity contribution in [3.8, 4) is 0 Å². The lowest BCUT2D eigenvalue weighted by atomic mass is 9.81. The molecule has 1 aromatic carbocycles. The van der Waals surface area contributed by atoms with Crippen LogP contribution in [-0.4, -0.2) is 16.8 Å². The average molecular weight is 375 g/mol. The molecule has 4 rings (SSSR count). The molecule has 2 aromatic rings. The summed E-state index contributed by atoms with van der Waals surface area (Å²) in [5.74, 6) is -0.542. The van der Waals surface area contributed by atoms with Crippen molar-refractivity contribution in [2.75, 3.05) is 5.32 Å². The second-order valence-electron chi connectivity index (χ2n) is 7.79. The first-order chi connectivity index (χ1) is 13.5. The van der Waals surface area contributed by atoms with Gasteiger partial charge in [-0.15, -0.1) is 0 Å². The molecule has 2 aliphatic rings. The fraction of sp³-hybridized carbons (Fsp3) is 0.348. The Balaban J connectivity index is 1.49. The van der Waals surface area contributed by atoms with Crippen LogP contribution in [0.2, 0.25) is 0 Å². The van der Waals surface area contributed by atoms with Crippen LogP contribution in [0.1, 0.15) is 23.2 Å². The lowest BCUT2D eigenvalue weighted by Gasteiger charge is -2.27. The molecule has 2 bridgehead atoms. The van der Waals surface area contributed by atoms with Gasteiger partial charge in [-0.25, -0.2) is 0 Å².